The zero-order chi connectivity index (χ0) is 13.5. The fourth-order valence-electron chi connectivity index (χ4n) is 1.34. The van der Waals surface area contributed by atoms with E-state index in [1.165, 1.54) is 6.92 Å². The number of aryl methyl sites for hydroxylation is 1. The molecule has 2 heterocycles. The fraction of sp³-hybridized carbons (Fsp3) is 0.444. The molecule has 1 atom stereocenters. The molecule has 2 aromatic heterocycles. The van der Waals surface area contributed by atoms with Crippen LogP contribution in [0.15, 0.2) is 4.52 Å². The van der Waals surface area contributed by atoms with Gasteiger partial charge in [-0.1, -0.05) is 5.16 Å². The zero-order valence-electron chi connectivity index (χ0n) is 10.0. The topological polar surface area (TPSA) is 112 Å². The van der Waals surface area contributed by atoms with Crippen LogP contribution in [0.1, 0.15) is 23.7 Å². The highest BCUT2D eigenvalue weighted by atomic mass is 32.2. The van der Waals surface area contributed by atoms with Gasteiger partial charge in [0.2, 0.25) is 0 Å². The zero-order valence-corrected chi connectivity index (χ0v) is 11.7. The van der Waals surface area contributed by atoms with Gasteiger partial charge in [0.15, 0.2) is 15.7 Å². The highest BCUT2D eigenvalue weighted by Gasteiger charge is 2.25. The molecular weight excluding hydrogens is 276 g/mol. The first-order valence-corrected chi connectivity index (χ1v) is 7.78. The highest BCUT2D eigenvalue weighted by molar-refractivity contribution is 7.90. The maximum atomic E-state index is 11.4. The molecular formula is C9H12N4O3S2. The van der Waals surface area contributed by atoms with Gasteiger partial charge in [-0.25, -0.2) is 8.42 Å². The standard InChI is InChI=1S/C9H12N4O3S2/c1-4-6(7(10)17-13-4)9-11-8(12-16-9)5(2)18(3,14)15/h5H,10H2,1-3H3. The maximum Gasteiger partial charge on any atom is 0.262 e. The van der Waals surface area contributed by atoms with Crippen LogP contribution in [0.4, 0.5) is 5.00 Å². The molecule has 1 unspecified atom stereocenters. The van der Waals surface area contributed by atoms with E-state index in [1.807, 2.05) is 0 Å². The average molecular weight is 288 g/mol. The molecule has 0 aromatic carbocycles. The third-order valence-corrected chi connectivity index (χ3v) is 4.81. The Bertz CT molecular complexity index is 654. The van der Waals surface area contributed by atoms with E-state index in [2.05, 4.69) is 14.5 Å². The number of nitrogens with two attached hydrogens (primary N) is 1. The Morgan fingerprint density at radius 1 is 1.44 bits per heavy atom. The Morgan fingerprint density at radius 3 is 2.61 bits per heavy atom. The molecule has 2 N–H and O–H groups in total. The van der Waals surface area contributed by atoms with Gasteiger partial charge in [-0.2, -0.15) is 9.36 Å². The van der Waals surface area contributed by atoms with Crippen LogP contribution in [0.5, 0.6) is 0 Å². The molecule has 0 spiro atoms. The van der Waals surface area contributed by atoms with E-state index in [4.69, 9.17) is 10.3 Å². The van der Waals surface area contributed by atoms with E-state index in [1.54, 1.807) is 6.92 Å². The molecule has 0 saturated carbocycles. The van der Waals surface area contributed by atoms with Gasteiger partial charge >= 0.3 is 0 Å². The minimum atomic E-state index is -3.26. The third kappa shape index (κ3) is 2.23. The Labute approximate surface area is 108 Å². The lowest BCUT2D eigenvalue weighted by molar-refractivity contribution is 0.421. The van der Waals surface area contributed by atoms with Crippen molar-refractivity contribution in [2.45, 2.75) is 19.1 Å². The Hall–Kier alpha value is -1.48. The summed E-state index contributed by atoms with van der Waals surface area (Å²) >= 11 is 1.13. The molecule has 0 aliphatic rings. The molecule has 0 radical (unpaired) electrons. The number of nitrogens with zero attached hydrogens (tertiary/aromatic N) is 3. The number of aromatic nitrogens is 3. The Kier molecular flexibility index (Phi) is 3.11. The van der Waals surface area contributed by atoms with Crippen LogP contribution in [-0.4, -0.2) is 29.2 Å². The van der Waals surface area contributed by atoms with Crippen molar-refractivity contribution in [2.75, 3.05) is 12.0 Å². The monoisotopic (exact) mass is 288 g/mol. The van der Waals surface area contributed by atoms with Crippen LogP contribution in [0.2, 0.25) is 0 Å². The van der Waals surface area contributed by atoms with Crippen LogP contribution >= 0.6 is 11.5 Å². The minimum absolute atomic E-state index is 0.123. The van der Waals surface area contributed by atoms with Crippen molar-refractivity contribution in [1.82, 2.24) is 14.5 Å². The van der Waals surface area contributed by atoms with Gasteiger partial charge in [-0.15, -0.1) is 0 Å². The minimum Gasteiger partial charge on any atom is -0.389 e. The normalized spacial score (nSPS) is 13.7. The van der Waals surface area contributed by atoms with E-state index in [0.29, 0.717) is 16.3 Å². The number of sulfone groups is 1. The number of nitrogen functional groups attached to an aromatic ring is 1. The van der Waals surface area contributed by atoms with Crippen molar-refractivity contribution in [3.63, 3.8) is 0 Å². The van der Waals surface area contributed by atoms with Gasteiger partial charge in [0.1, 0.15) is 10.3 Å². The van der Waals surface area contributed by atoms with E-state index in [-0.39, 0.29) is 11.7 Å². The summed E-state index contributed by atoms with van der Waals surface area (Å²) in [6, 6.07) is 0. The lowest BCUT2D eigenvalue weighted by Gasteiger charge is -2.01. The van der Waals surface area contributed by atoms with E-state index in [0.717, 1.165) is 17.8 Å². The summed E-state index contributed by atoms with van der Waals surface area (Å²) in [5, 5.41) is 3.33. The van der Waals surface area contributed by atoms with Gasteiger partial charge < -0.3 is 10.3 Å². The molecule has 2 aromatic rings. The van der Waals surface area contributed by atoms with Gasteiger partial charge in [0.05, 0.1) is 11.3 Å². The van der Waals surface area contributed by atoms with Crippen LogP contribution in [0.25, 0.3) is 11.5 Å². The second-order valence-corrected chi connectivity index (χ2v) is 7.11. The summed E-state index contributed by atoms with van der Waals surface area (Å²) < 4.78 is 31.9. The molecule has 7 nitrogen and oxygen atoms in total. The summed E-state index contributed by atoms with van der Waals surface area (Å²) in [5.41, 5.74) is 7.00. The number of anilines is 1. The van der Waals surface area contributed by atoms with Crippen LogP contribution < -0.4 is 5.73 Å². The first-order chi connectivity index (χ1) is 8.30. The Morgan fingerprint density at radius 2 is 2.11 bits per heavy atom. The summed E-state index contributed by atoms with van der Waals surface area (Å²) in [5.74, 6) is 0.321. The summed E-state index contributed by atoms with van der Waals surface area (Å²) in [6.45, 7) is 3.28. The van der Waals surface area contributed by atoms with E-state index >= 15 is 0 Å². The predicted molar refractivity (Wildman–Crippen MR) is 67.8 cm³/mol. The molecule has 0 amide bonds. The molecule has 98 valence electrons. The molecule has 2 rings (SSSR count). The third-order valence-electron chi connectivity index (χ3n) is 2.55. The summed E-state index contributed by atoms with van der Waals surface area (Å²) in [7, 11) is -3.26. The number of rotatable bonds is 3. The quantitative estimate of drug-likeness (QED) is 0.902. The van der Waals surface area contributed by atoms with Crippen molar-refractivity contribution in [3.8, 4) is 11.5 Å². The number of hydrogen-bond acceptors (Lipinski definition) is 8. The van der Waals surface area contributed by atoms with Crippen molar-refractivity contribution in [1.29, 1.82) is 0 Å². The van der Waals surface area contributed by atoms with Crippen molar-refractivity contribution < 1.29 is 12.9 Å². The molecule has 0 aliphatic carbocycles. The maximum absolute atomic E-state index is 11.4. The van der Waals surface area contributed by atoms with E-state index < -0.39 is 15.1 Å². The van der Waals surface area contributed by atoms with Crippen LogP contribution in [0, 0.1) is 6.92 Å². The van der Waals surface area contributed by atoms with Crippen molar-refractivity contribution in [2.24, 2.45) is 0 Å². The molecule has 0 fully saturated rings. The van der Waals surface area contributed by atoms with E-state index in [9.17, 15) is 8.42 Å². The first kappa shape index (κ1) is 13.0. The van der Waals surface area contributed by atoms with Gasteiger partial charge in [0, 0.05) is 6.26 Å². The molecule has 0 bridgehead atoms. The van der Waals surface area contributed by atoms with Gasteiger partial charge in [0.25, 0.3) is 5.89 Å². The van der Waals surface area contributed by atoms with Crippen molar-refractivity contribution >= 4 is 26.4 Å². The first-order valence-electron chi connectivity index (χ1n) is 5.05. The molecule has 0 saturated heterocycles. The molecule has 0 aliphatic heterocycles. The predicted octanol–water partition coefficient (Wildman–Crippen LogP) is 1.19. The molecule has 9 heteroatoms. The average Bonchev–Trinajstić information content (AvgIpc) is 2.83. The highest BCUT2D eigenvalue weighted by Crippen LogP contribution is 2.32. The summed E-state index contributed by atoms with van der Waals surface area (Å²) in [6.07, 6.45) is 1.12. The lowest BCUT2D eigenvalue weighted by atomic mass is 10.2. The lowest BCUT2D eigenvalue weighted by Crippen LogP contribution is -2.09. The molecule has 18 heavy (non-hydrogen) atoms. The van der Waals surface area contributed by atoms with Crippen molar-refractivity contribution in [3.05, 3.63) is 11.5 Å². The fourth-order valence-corrected chi connectivity index (χ4v) is 2.47. The van der Waals surface area contributed by atoms with Gasteiger partial charge in [-0.3, -0.25) is 0 Å². The SMILES string of the molecule is Cc1nsc(N)c1-c1nc(C(C)S(C)(=O)=O)no1. The van der Waals surface area contributed by atoms with Crippen LogP contribution in [-0.2, 0) is 9.84 Å². The Balaban J connectivity index is 2.44. The summed E-state index contributed by atoms with van der Waals surface area (Å²) in [4.78, 5) is 4.07. The smallest absolute Gasteiger partial charge is 0.262 e. The van der Waals surface area contributed by atoms with Gasteiger partial charge in [-0.05, 0) is 25.4 Å². The van der Waals surface area contributed by atoms with Crippen LogP contribution in [0.3, 0.4) is 0 Å². The number of hydrogen-bond donors (Lipinski definition) is 1. The second-order valence-electron chi connectivity index (χ2n) is 3.94. The largest absolute Gasteiger partial charge is 0.389 e. The second kappa shape index (κ2) is 4.32.